The molecular weight excluding hydrogens is 508 g/mol. The van der Waals surface area contributed by atoms with Crippen LogP contribution in [0.3, 0.4) is 0 Å². The Morgan fingerprint density at radius 3 is 1.95 bits per heavy atom. The monoisotopic (exact) mass is 550 g/mol. The first kappa shape index (κ1) is 33.3. The molecule has 218 valence electrons. The molecule has 13 nitrogen and oxygen atoms in total. The van der Waals surface area contributed by atoms with Gasteiger partial charge in [-0.1, -0.05) is 26.0 Å². The molecule has 1 aromatic carbocycles. The predicted molar refractivity (Wildman–Crippen MR) is 144 cm³/mol. The second-order valence-corrected chi connectivity index (χ2v) is 9.92. The number of amides is 4. The number of primary amides is 1. The molecule has 0 saturated heterocycles. The molecule has 1 rings (SSSR count). The quantitative estimate of drug-likeness (QED) is 0.107. The Labute approximate surface area is 228 Å². The van der Waals surface area contributed by atoms with Crippen LogP contribution in [0, 0.1) is 5.92 Å². The lowest BCUT2D eigenvalue weighted by atomic mass is 10.0. The number of carboxylic acids is 1. The van der Waals surface area contributed by atoms with Gasteiger partial charge in [0.15, 0.2) is 0 Å². The van der Waals surface area contributed by atoms with Crippen molar-refractivity contribution < 1.29 is 34.2 Å². The molecule has 4 atom stereocenters. The van der Waals surface area contributed by atoms with Gasteiger partial charge in [0.1, 0.15) is 23.9 Å². The van der Waals surface area contributed by atoms with Crippen LogP contribution in [0.15, 0.2) is 24.3 Å². The third-order valence-electron chi connectivity index (χ3n) is 5.95. The van der Waals surface area contributed by atoms with Gasteiger partial charge in [0, 0.05) is 12.8 Å². The van der Waals surface area contributed by atoms with E-state index in [9.17, 15) is 34.2 Å². The van der Waals surface area contributed by atoms with Gasteiger partial charge in [0.2, 0.25) is 23.6 Å². The molecule has 39 heavy (non-hydrogen) atoms. The maximum absolute atomic E-state index is 13.4. The number of phenols is 1. The number of aliphatic carboxylic acids is 1. The summed E-state index contributed by atoms with van der Waals surface area (Å²) in [6.45, 7) is 4.17. The number of benzene rings is 1. The van der Waals surface area contributed by atoms with E-state index in [1.165, 1.54) is 12.1 Å². The van der Waals surface area contributed by atoms with Crippen molar-refractivity contribution in [3.8, 4) is 5.75 Å². The summed E-state index contributed by atoms with van der Waals surface area (Å²) < 4.78 is 0. The third-order valence-corrected chi connectivity index (χ3v) is 5.95. The molecule has 0 saturated carbocycles. The maximum Gasteiger partial charge on any atom is 0.326 e. The molecule has 13 heteroatoms. The molecule has 0 heterocycles. The van der Waals surface area contributed by atoms with Crippen LogP contribution in [-0.2, 0) is 30.4 Å². The van der Waals surface area contributed by atoms with Gasteiger partial charge in [0.05, 0.1) is 6.04 Å². The van der Waals surface area contributed by atoms with E-state index >= 15 is 0 Å². The number of aromatic hydroxyl groups is 1. The molecule has 0 aliphatic heterocycles. The minimum Gasteiger partial charge on any atom is -0.508 e. The Kier molecular flexibility index (Phi) is 14.5. The Morgan fingerprint density at radius 2 is 1.41 bits per heavy atom. The molecule has 1 aromatic rings. The fourth-order valence-corrected chi connectivity index (χ4v) is 3.82. The smallest absolute Gasteiger partial charge is 0.326 e. The van der Waals surface area contributed by atoms with Gasteiger partial charge in [-0.05, 0) is 62.3 Å². The lowest BCUT2D eigenvalue weighted by Crippen LogP contribution is -2.57. The molecule has 0 aliphatic carbocycles. The number of carbonyl (C=O) groups excluding carboxylic acids is 4. The van der Waals surface area contributed by atoms with Crippen LogP contribution < -0.4 is 33.2 Å². The molecule has 0 aromatic heterocycles. The second-order valence-electron chi connectivity index (χ2n) is 9.92. The van der Waals surface area contributed by atoms with Gasteiger partial charge < -0.3 is 43.4 Å². The maximum atomic E-state index is 13.4. The number of hydrogen-bond acceptors (Lipinski definition) is 8. The number of nitrogens with two attached hydrogens (primary N) is 3. The largest absolute Gasteiger partial charge is 0.508 e. The lowest BCUT2D eigenvalue weighted by molar-refractivity contribution is -0.142. The van der Waals surface area contributed by atoms with Crippen LogP contribution in [0.25, 0.3) is 0 Å². The Hall–Kier alpha value is -3.71. The van der Waals surface area contributed by atoms with Gasteiger partial charge >= 0.3 is 5.97 Å². The van der Waals surface area contributed by atoms with E-state index < -0.39 is 53.8 Å². The van der Waals surface area contributed by atoms with Crippen LogP contribution in [0.2, 0.25) is 0 Å². The average Bonchev–Trinajstić information content (AvgIpc) is 2.85. The highest BCUT2D eigenvalue weighted by Gasteiger charge is 2.30. The van der Waals surface area contributed by atoms with Gasteiger partial charge in [-0.2, -0.15) is 0 Å². The zero-order chi connectivity index (χ0) is 29.5. The highest BCUT2D eigenvalue weighted by Crippen LogP contribution is 2.13. The van der Waals surface area contributed by atoms with Crippen molar-refractivity contribution in [2.45, 2.75) is 83.0 Å². The van der Waals surface area contributed by atoms with Crippen LogP contribution >= 0.6 is 0 Å². The standard InChI is InChI=1S/C26H42N6O7/c1-15(2)13-18(28)23(35)32-21(14-16-6-8-17(33)9-7-16)25(37)30-19(5-3-4-12-27)24(36)31-20(26(38)39)10-11-22(29)34/h6-9,15,18-21,33H,3-5,10-14,27-28H2,1-2H3,(H2,29,34)(H,30,37)(H,31,36)(H,32,35)(H,38,39). The van der Waals surface area contributed by atoms with Crippen molar-refractivity contribution in [1.29, 1.82) is 0 Å². The van der Waals surface area contributed by atoms with E-state index in [0.29, 0.717) is 31.4 Å². The fraction of sp³-hybridized carbons (Fsp3) is 0.577. The predicted octanol–water partition coefficient (Wildman–Crippen LogP) is -0.758. The molecule has 0 aliphatic rings. The first-order chi connectivity index (χ1) is 18.3. The summed E-state index contributed by atoms with van der Waals surface area (Å²) in [5.74, 6) is -3.87. The van der Waals surface area contributed by atoms with Crippen molar-refractivity contribution in [2.24, 2.45) is 23.1 Å². The summed E-state index contributed by atoms with van der Waals surface area (Å²) in [5.41, 5.74) is 17.3. The van der Waals surface area contributed by atoms with Gasteiger partial charge in [0.25, 0.3) is 0 Å². The highest BCUT2D eigenvalue weighted by atomic mass is 16.4. The average molecular weight is 551 g/mol. The molecule has 0 spiro atoms. The number of unbranched alkanes of at least 4 members (excludes halogenated alkanes) is 1. The second kappa shape index (κ2) is 17.0. The minimum absolute atomic E-state index is 0.0312. The van der Waals surface area contributed by atoms with E-state index in [1.807, 2.05) is 13.8 Å². The highest BCUT2D eigenvalue weighted by molar-refractivity contribution is 5.94. The number of phenolic OH excluding ortho intramolecular Hbond substituents is 1. The van der Waals surface area contributed by atoms with E-state index in [4.69, 9.17) is 17.2 Å². The Morgan fingerprint density at radius 1 is 0.846 bits per heavy atom. The van der Waals surface area contributed by atoms with Crippen LogP contribution in [0.1, 0.15) is 57.9 Å². The first-order valence-electron chi connectivity index (χ1n) is 13.0. The van der Waals surface area contributed by atoms with E-state index in [1.54, 1.807) is 12.1 Å². The summed E-state index contributed by atoms with van der Waals surface area (Å²) in [5, 5.41) is 26.7. The topological polar surface area (TPSA) is 240 Å². The van der Waals surface area contributed by atoms with Crippen molar-refractivity contribution in [3.05, 3.63) is 29.8 Å². The first-order valence-corrected chi connectivity index (χ1v) is 13.0. The van der Waals surface area contributed by atoms with E-state index in [-0.39, 0.29) is 37.4 Å². The normalized spacial score (nSPS) is 14.1. The number of carboxylic acid groups (broad SMARTS) is 1. The molecule has 0 bridgehead atoms. The third kappa shape index (κ3) is 13.1. The molecule has 4 unspecified atom stereocenters. The van der Waals surface area contributed by atoms with Crippen LogP contribution in [-0.4, -0.2) is 70.5 Å². The zero-order valence-corrected chi connectivity index (χ0v) is 22.5. The Bertz CT molecular complexity index is 970. The molecule has 4 amide bonds. The Balaban J connectivity index is 3.13. The summed E-state index contributed by atoms with van der Waals surface area (Å²) in [6.07, 6.45) is 1.14. The number of nitrogens with one attached hydrogen (secondary N) is 3. The van der Waals surface area contributed by atoms with E-state index in [0.717, 1.165) is 0 Å². The summed E-state index contributed by atoms with van der Waals surface area (Å²) in [6, 6.07) is 1.58. The summed E-state index contributed by atoms with van der Waals surface area (Å²) >= 11 is 0. The fourth-order valence-electron chi connectivity index (χ4n) is 3.82. The van der Waals surface area contributed by atoms with Gasteiger partial charge in [-0.3, -0.25) is 19.2 Å². The number of carbonyl (C=O) groups is 5. The number of rotatable bonds is 18. The van der Waals surface area contributed by atoms with E-state index in [2.05, 4.69) is 16.0 Å². The van der Waals surface area contributed by atoms with Crippen LogP contribution in [0.5, 0.6) is 5.75 Å². The van der Waals surface area contributed by atoms with Crippen molar-refractivity contribution in [2.75, 3.05) is 6.54 Å². The SMILES string of the molecule is CC(C)CC(N)C(=O)NC(Cc1ccc(O)cc1)C(=O)NC(CCCCN)C(=O)NC(CCC(N)=O)C(=O)O. The molecule has 0 fully saturated rings. The van der Waals surface area contributed by atoms with Crippen molar-refractivity contribution in [1.82, 2.24) is 16.0 Å². The lowest BCUT2D eigenvalue weighted by Gasteiger charge is -2.25. The van der Waals surface area contributed by atoms with Gasteiger partial charge in [-0.25, -0.2) is 4.79 Å². The number of hydrogen-bond donors (Lipinski definition) is 8. The molecule has 0 radical (unpaired) electrons. The van der Waals surface area contributed by atoms with Gasteiger partial charge in [-0.15, -0.1) is 0 Å². The molecular formula is C26H42N6O7. The van der Waals surface area contributed by atoms with Crippen molar-refractivity contribution in [3.63, 3.8) is 0 Å². The summed E-state index contributed by atoms with van der Waals surface area (Å²) in [7, 11) is 0. The minimum atomic E-state index is -1.39. The van der Waals surface area contributed by atoms with Crippen molar-refractivity contribution >= 4 is 29.6 Å². The summed E-state index contributed by atoms with van der Waals surface area (Å²) in [4.78, 5) is 61.9. The molecule has 11 N–H and O–H groups in total. The van der Waals surface area contributed by atoms with Crippen LogP contribution in [0.4, 0.5) is 0 Å². The zero-order valence-electron chi connectivity index (χ0n) is 22.5.